The molecule has 2 rings (SSSR count). The number of rotatable bonds is 3. The summed E-state index contributed by atoms with van der Waals surface area (Å²) in [5.74, 6) is 0.355. The fourth-order valence-electron chi connectivity index (χ4n) is 1.91. The van der Waals surface area contributed by atoms with Crippen LogP contribution in [0.1, 0.15) is 19.4 Å². The molecule has 0 aliphatic carbocycles. The van der Waals surface area contributed by atoms with Crippen LogP contribution < -0.4 is 0 Å². The number of hydrogen-bond donors (Lipinski definition) is 0. The topological polar surface area (TPSA) is 12.5 Å². The second-order valence-electron chi connectivity index (χ2n) is 4.11. The first kappa shape index (κ1) is 9.66. The summed E-state index contributed by atoms with van der Waals surface area (Å²) in [7, 11) is 0. The molecule has 14 heavy (non-hydrogen) atoms. The van der Waals surface area contributed by atoms with Crippen LogP contribution in [0.15, 0.2) is 24.3 Å². The van der Waals surface area contributed by atoms with Crippen LogP contribution in [0, 0.1) is 11.7 Å². The zero-order chi connectivity index (χ0) is 10.1. The van der Waals surface area contributed by atoms with Crippen molar-refractivity contribution in [3.8, 4) is 0 Å². The summed E-state index contributed by atoms with van der Waals surface area (Å²) in [5, 5.41) is 0. The standard InChI is InChI=1S/C12H15FO/c1-8(12-9(2)14-12)7-10-3-5-11(13)6-4-10/h3-6,8-9,12H,7H2,1-2H3. The molecule has 1 fully saturated rings. The molecule has 0 N–H and O–H groups in total. The predicted molar refractivity (Wildman–Crippen MR) is 53.6 cm³/mol. The van der Waals surface area contributed by atoms with Crippen molar-refractivity contribution in [1.29, 1.82) is 0 Å². The van der Waals surface area contributed by atoms with E-state index in [1.165, 1.54) is 17.7 Å². The van der Waals surface area contributed by atoms with Gasteiger partial charge in [-0.1, -0.05) is 19.1 Å². The molecule has 0 amide bonds. The zero-order valence-corrected chi connectivity index (χ0v) is 8.53. The molecule has 1 heterocycles. The third kappa shape index (κ3) is 2.13. The number of benzene rings is 1. The molecule has 1 aliphatic heterocycles. The molecule has 0 spiro atoms. The normalized spacial score (nSPS) is 27.4. The summed E-state index contributed by atoms with van der Waals surface area (Å²) in [6, 6.07) is 6.72. The van der Waals surface area contributed by atoms with Crippen molar-refractivity contribution in [3.63, 3.8) is 0 Å². The lowest BCUT2D eigenvalue weighted by Crippen LogP contribution is -2.08. The first-order valence-electron chi connectivity index (χ1n) is 5.06. The van der Waals surface area contributed by atoms with E-state index >= 15 is 0 Å². The van der Waals surface area contributed by atoms with Crippen LogP contribution in [-0.2, 0) is 11.2 Å². The molecule has 76 valence electrons. The van der Waals surface area contributed by atoms with Crippen molar-refractivity contribution in [2.75, 3.05) is 0 Å². The fraction of sp³-hybridized carbons (Fsp3) is 0.500. The second-order valence-corrected chi connectivity index (χ2v) is 4.11. The van der Waals surface area contributed by atoms with Gasteiger partial charge in [-0.2, -0.15) is 0 Å². The minimum atomic E-state index is -0.169. The molecule has 1 aromatic rings. The number of epoxide rings is 1. The summed E-state index contributed by atoms with van der Waals surface area (Å²) in [5.41, 5.74) is 1.18. The zero-order valence-electron chi connectivity index (χ0n) is 8.53. The molecule has 1 aromatic carbocycles. The molecule has 0 aromatic heterocycles. The third-order valence-electron chi connectivity index (χ3n) is 2.79. The van der Waals surface area contributed by atoms with Crippen LogP contribution >= 0.6 is 0 Å². The van der Waals surface area contributed by atoms with Gasteiger partial charge in [-0.05, 0) is 37.0 Å². The van der Waals surface area contributed by atoms with Crippen LogP contribution in [0.3, 0.4) is 0 Å². The van der Waals surface area contributed by atoms with Crippen LogP contribution in [0.5, 0.6) is 0 Å². The van der Waals surface area contributed by atoms with Crippen LogP contribution in [0.2, 0.25) is 0 Å². The Balaban J connectivity index is 1.93. The van der Waals surface area contributed by atoms with Crippen molar-refractivity contribution in [3.05, 3.63) is 35.6 Å². The first-order chi connectivity index (χ1) is 6.66. The van der Waals surface area contributed by atoms with Crippen molar-refractivity contribution in [2.45, 2.75) is 32.5 Å². The lowest BCUT2D eigenvalue weighted by molar-refractivity contribution is 0.328. The lowest BCUT2D eigenvalue weighted by atomic mass is 9.97. The highest BCUT2D eigenvalue weighted by atomic mass is 19.1. The molecule has 0 bridgehead atoms. The van der Waals surface area contributed by atoms with Crippen molar-refractivity contribution in [1.82, 2.24) is 0 Å². The summed E-state index contributed by atoms with van der Waals surface area (Å²) in [6.07, 6.45) is 1.78. The molecule has 2 heteroatoms. The van der Waals surface area contributed by atoms with E-state index in [1.807, 2.05) is 12.1 Å². The Kier molecular flexibility index (Phi) is 2.55. The highest BCUT2D eigenvalue weighted by molar-refractivity contribution is 5.17. The van der Waals surface area contributed by atoms with Gasteiger partial charge in [-0.3, -0.25) is 0 Å². The average Bonchev–Trinajstić information content (AvgIpc) is 2.87. The van der Waals surface area contributed by atoms with E-state index in [2.05, 4.69) is 13.8 Å². The molecular weight excluding hydrogens is 179 g/mol. The largest absolute Gasteiger partial charge is 0.370 e. The van der Waals surface area contributed by atoms with E-state index in [-0.39, 0.29) is 5.82 Å². The monoisotopic (exact) mass is 194 g/mol. The molecule has 0 radical (unpaired) electrons. The maximum atomic E-state index is 12.6. The van der Waals surface area contributed by atoms with Crippen molar-refractivity contribution in [2.24, 2.45) is 5.92 Å². The maximum absolute atomic E-state index is 12.6. The summed E-state index contributed by atoms with van der Waals surface area (Å²) < 4.78 is 18.0. The van der Waals surface area contributed by atoms with Gasteiger partial charge in [-0.15, -0.1) is 0 Å². The Hall–Kier alpha value is -0.890. The Morgan fingerprint density at radius 3 is 2.43 bits per heavy atom. The van der Waals surface area contributed by atoms with E-state index in [4.69, 9.17) is 4.74 Å². The number of ether oxygens (including phenoxy) is 1. The van der Waals surface area contributed by atoms with Gasteiger partial charge in [0.15, 0.2) is 0 Å². The SMILES string of the molecule is CC(Cc1ccc(F)cc1)C1OC1C. The highest BCUT2D eigenvalue weighted by Crippen LogP contribution is 2.30. The van der Waals surface area contributed by atoms with E-state index in [1.54, 1.807) is 0 Å². The van der Waals surface area contributed by atoms with E-state index in [0.29, 0.717) is 18.1 Å². The Morgan fingerprint density at radius 1 is 1.36 bits per heavy atom. The molecular formula is C12H15FO. The Morgan fingerprint density at radius 2 is 1.93 bits per heavy atom. The first-order valence-corrected chi connectivity index (χ1v) is 5.06. The Labute approximate surface area is 83.9 Å². The number of hydrogen-bond acceptors (Lipinski definition) is 1. The van der Waals surface area contributed by atoms with Gasteiger partial charge in [0.2, 0.25) is 0 Å². The summed E-state index contributed by atoms with van der Waals surface area (Å²) in [4.78, 5) is 0. The van der Waals surface area contributed by atoms with Gasteiger partial charge in [-0.25, -0.2) is 4.39 Å². The maximum Gasteiger partial charge on any atom is 0.123 e. The molecule has 3 atom stereocenters. The van der Waals surface area contributed by atoms with Gasteiger partial charge in [0, 0.05) is 0 Å². The molecule has 1 aliphatic rings. The van der Waals surface area contributed by atoms with Gasteiger partial charge < -0.3 is 4.74 Å². The van der Waals surface area contributed by atoms with Crippen molar-refractivity contribution >= 4 is 0 Å². The van der Waals surface area contributed by atoms with Gasteiger partial charge >= 0.3 is 0 Å². The molecule has 1 nitrogen and oxygen atoms in total. The van der Waals surface area contributed by atoms with Crippen LogP contribution in [0.4, 0.5) is 4.39 Å². The van der Waals surface area contributed by atoms with Gasteiger partial charge in [0.25, 0.3) is 0 Å². The van der Waals surface area contributed by atoms with Crippen LogP contribution in [0.25, 0.3) is 0 Å². The number of halogens is 1. The molecule has 3 unspecified atom stereocenters. The highest BCUT2D eigenvalue weighted by Gasteiger charge is 2.38. The van der Waals surface area contributed by atoms with Gasteiger partial charge in [0.1, 0.15) is 5.82 Å². The smallest absolute Gasteiger partial charge is 0.123 e. The predicted octanol–water partition coefficient (Wildman–Crippen LogP) is 2.79. The van der Waals surface area contributed by atoms with Gasteiger partial charge in [0.05, 0.1) is 12.2 Å². The minimum absolute atomic E-state index is 0.169. The van der Waals surface area contributed by atoms with E-state index in [9.17, 15) is 4.39 Å². The quantitative estimate of drug-likeness (QED) is 0.674. The average molecular weight is 194 g/mol. The molecule has 1 saturated heterocycles. The van der Waals surface area contributed by atoms with Crippen molar-refractivity contribution < 1.29 is 9.13 Å². The van der Waals surface area contributed by atoms with E-state index in [0.717, 1.165) is 6.42 Å². The van der Waals surface area contributed by atoms with Crippen LogP contribution in [-0.4, -0.2) is 12.2 Å². The Bertz CT molecular complexity index is 307. The third-order valence-corrected chi connectivity index (χ3v) is 2.79. The lowest BCUT2D eigenvalue weighted by Gasteiger charge is -2.07. The molecule has 0 saturated carbocycles. The fourth-order valence-corrected chi connectivity index (χ4v) is 1.91. The second kappa shape index (κ2) is 3.70. The van der Waals surface area contributed by atoms with E-state index < -0.39 is 0 Å². The minimum Gasteiger partial charge on any atom is -0.370 e. The summed E-state index contributed by atoms with van der Waals surface area (Å²) >= 11 is 0. The summed E-state index contributed by atoms with van der Waals surface area (Å²) in [6.45, 7) is 4.27.